The molecule has 1 atom stereocenters. The van der Waals surface area contributed by atoms with E-state index in [9.17, 15) is 0 Å². The molecule has 1 heterocycles. The molecule has 0 aliphatic carbocycles. The Morgan fingerprint density at radius 2 is 1.94 bits per heavy atom. The van der Waals surface area contributed by atoms with Gasteiger partial charge in [0, 0.05) is 23.2 Å². The van der Waals surface area contributed by atoms with E-state index in [4.69, 9.17) is 5.73 Å². The van der Waals surface area contributed by atoms with Crippen molar-refractivity contribution in [2.24, 2.45) is 5.73 Å². The highest BCUT2D eigenvalue weighted by Gasteiger charge is 2.23. The number of nitrogens with zero attached hydrogens (tertiary/aromatic N) is 1. The lowest BCUT2D eigenvalue weighted by atomic mass is 9.96. The molecular weight excluding hydrogens is 210 g/mol. The van der Waals surface area contributed by atoms with Crippen molar-refractivity contribution in [2.75, 3.05) is 5.32 Å². The Morgan fingerprint density at radius 3 is 2.65 bits per heavy atom. The fraction of sp³-hybridized carbons (Fsp3) is 0.357. The molecule has 2 rings (SSSR count). The smallest absolute Gasteiger partial charge is 0.134 e. The van der Waals surface area contributed by atoms with Crippen molar-refractivity contribution in [3.05, 3.63) is 36.5 Å². The summed E-state index contributed by atoms with van der Waals surface area (Å²) in [4.78, 5) is 4.41. The number of hydrogen-bond acceptors (Lipinski definition) is 3. The molecule has 0 radical (unpaired) electrons. The summed E-state index contributed by atoms with van der Waals surface area (Å²) in [5.41, 5.74) is 5.79. The molecular formula is C14H19N3. The topological polar surface area (TPSA) is 50.9 Å². The Hall–Kier alpha value is -1.61. The Bertz CT molecular complexity index is 512. The summed E-state index contributed by atoms with van der Waals surface area (Å²) < 4.78 is 0. The van der Waals surface area contributed by atoms with Gasteiger partial charge in [0.15, 0.2) is 0 Å². The first-order chi connectivity index (χ1) is 8.00. The second kappa shape index (κ2) is 4.34. The van der Waals surface area contributed by atoms with Crippen LogP contribution < -0.4 is 11.1 Å². The number of hydrogen-bond donors (Lipinski definition) is 2. The van der Waals surface area contributed by atoms with Gasteiger partial charge in [-0.05, 0) is 32.2 Å². The molecule has 3 heteroatoms. The fourth-order valence-electron chi connectivity index (χ4n) is 1.64. The predicted octanol–water partition coefficient (Wildman–Crippen LogP) is 2.77. The van der Waals surface area contributed by atoms with E-state index in [1.807, 2.05) is 31.3 Å². The standard InChI is InChI=1S/C14H19N3/c1-10(15)14(2,3)17-13-12-7-5-4-6-11(12)8-9-16-13/h4-10H,15H2,1-3H3,(H,16,17). The third-order valence-electron chi connectivity index (χ3n) is 3.25. The van der Waals surface area contributed by atoms with Gasteiger partial charge in [-0.2, -0.15) is 0 Å². The van der Waals surface area contributed by atoms with Crippen LogP contribution in [0.4, 0.5) is 5.82 Å². The highest BCUT2D eigenvalue weighted by Crippen LogP contribution is 2.24. The van der Waals surface area contributed by atoms with Crippen molar-refractivity contribution in [3.63, 3.8) is 0 Å². The lowest BCUT2D eigenvalue weighted by molar-refractivity contribution is 0.469. The Labute approximate surface area is 102 Å². The van der Waals surface area contributed by atoms with Crippen LogP contribution in [0.25, 0.3) is 10.8 Å². The zero-order chi connectivity index (χ0) is 12.5. The molecule has 90 valence electrons. The summed E-state index contributed by atoms with van der Waals surface area (Å²) in [6.07, 6.45) is 1.82. The first-order valence-electron chi connectivity index (χ1n) is 5.88. The van der Waals surface area contributed by atoms with Gasteiger partial charge in [-0.1, -0.05) is 24.3 Å². The molecule has 0 spiro atoms. The summed E-state index contributed by atoms with van der Waals surface area (Å²) in [7, 11) is 0. The Balaban J connectivity index is 2.43. The van der Waals surface area contributed by atoms with Crippen LogP contribution in [0.1, 0.15) is 20.8 Å². The number of fused-ring (bicyclic) bond motifs is 1. The quantitative estimate of drug-likeness (QED) is 0.851. The zero-order valence-corrected chi connectivity index (χ0v) is 10.6. The molecule has 0 saturated heterocycles. The maximum atomic E-state index is 5.97. The third kappa shape index (κ3) is 2.39. The second-order valence-electron chi connectivity index (χ2n) is 5.02. The normalized spacial score (nSPS) is 13.6. The summed E-state index contributed by atoms with van der Waals surface area (Å²) in [6.45, 7) is 6.17. The van der Waals surface area contributed by atoms with Crippen molar-refractivity contribution >= 4 is 16.6 Å². The average Bonchev–Trinajstić information content (AvgIpc) is 2.29. The van der Waals surface area contributed by atoms with Gasteiger partial charge in [0.1, 0.15) is 5.82 Å². The maximum absolute atomic E-state index is 5.97. The highest BCUT2D eigenvalue weighted by molar-refractivity contribution is 5.91. The Morgan fingerprint density at radius 1 is 1.24 bits per heavy atom. The molecule has 0 aliphatic heterocycles. The molecule has 3 N–H and O–H groups in total. The second-order valence-corrected chi connectivity index (χ2v) is 5.02. The van der Waals surface area contributed by atoms with Crippen LogP contribution in [0.5, 0.6) is 0 Å². The van der Waals surface area contributed by atoms with Gasteiger partial charge >= 0.3 is 0 Å². The number of pyridine rings is 1. The molecule has 1 unspecified atom stereocenters. The molecule has 0 fully saturated rings. The minimum atomic E-state index is -0.183. The molecule has 17 heavy (non-hydrogen) atoms. The summed E-state index contributed by atoms with van der Waals surface area (Å²) in [5, 5.41) is 5.74. The first-order valence-corrected chi connectivity index (χ1v) is 5.88. The van der Waals surface area contributed by atoms with E-state index in [-0.39, 0.29) is 11.6 Å². The van der Waals surface area contributed by atoms with Crippen molar-refractivity contribution in [1.29, 1.82) is 0 Å². The summed E-state index contributed by atoms with van der Waals surface area (Å²) in [6, 6.07) is 10.3. The monoisotopic (exact) mass is 229 g/mol. The SMILES string of the molecule is CC(N)C(C)(C)Nc1nccc2ccccc12. The van der Waals surface area contributed by atoms with E-state index in [0.717, 1.165) is 11.2 Å². The van der Waals surface area contributed by atoms with E-state index in [0.29, 0.717) is 0 Å². The van der Waals surface area contributed by atoms with Gasteiger partial charge in [0.2, 0.25) is 0 Å². The number of aromatic nitrogens is 1. The lowest BCUT2D eigenvalue weighted by Crippen LogP contribution is -2.47. The van der Waals surface area contributed by atoms with E-state index < -0.39 is 0 Å². The maximum Gasteiger partial charge on any atom is 0.134 e. The van der Waals surface area contributed by atoms with Gasteiger partial charge in [0.25, 0.3) is 0 Å². The molecule has 0 aliphatic rings. The summed E-state index contributed by atoms with van der Waals surface area (Å²) >= 11 is 0. The van der Waals surface area contributed by atoms with Crippen LogP contribution in [0.3, 0.4) is 0 Å². The van der Waals surface area contributed by atoms with Crippen LogP contribution in [0, 0.1) is 0 Å². The molecule has 1 aromatic carbocycles. The van der Waals surface area contributed by atoms with Crippen molar-refractivity contribution in [3.8, 4) is 0 Å². The predicted molar refractivity (Wildman–Crippen MR) is 73.1 cm³/mol. The minimum absolute atomic E-state index is 0.0447. The van der Waals surface area contributed by atoms with Gasteiger partial charge in [-0.15, -0.1) is 0 Å². The Kier molecular flexibility index (Phi) is 3.03. The minimum Gasteiger partial charge on any atom is -0.363 e. The van der Waals surface area contributed by atoms with Gasteiger partial charge in [-0.25, -0.2) is 4.98 Å². The molecule has 1 aromatic heterocycles. The fourth-order valence-corrected chi connectivity index (χ4v) is 1.64. The number of nitrogens with two attached hydrogens (primary N) is 1. The van der Waals surface area contributed by atoms with Crippen molar-refractivity contribution in [2.45, 2.75) is 32.4 Å². The molecule has 0 saturated carbocycles. The van der Waals surface area contributed by atoms with Crippen LogP contribution in [-0.4, -0.2) is 16.6 Å². The molecule has 0 bridgehead atoms. The summed E-state index contributed by atoms with van der Waals surface area (Å²) in [5.74, 6) is 0.894. The molecule has 0 amide bonds. The van der Waals surface area contributed by atoms with E-state index in [2.05, 4.69) is 36.3 Å². The van der Waals surface area contributed by atoms with Crippen LogP contribution in [-0.2, 0) is 0 Å². The van der Waals surface area contributed by atoms with Gasteiger partial charge in [0.05, 0.1) is 0 Å². The van der Waals surface area contributed by atoms with Crippen LogP contribution in [0.15, 0.2) is 36.5 Å². The third-order valence-corrected chi connectivity index (χ3v) is 3.25. The molecule has 2 aromatic rings. The molecule has 3 nitrogen and oxygen atoms in total. The highest BCUT2D eigenvalue weighted by atomic mass is 15.1. The van der Waals surface area contributed by atoms with E-state index >= 15 is 0 Å². The average molecular weight is 229 g/mol. The largest absolute Gasteiger partial charge is 0.363 e. The number of nitrogens with one attached hydrogen (secondary N) is 1. The number of benzene rings is 1. The van der Waals surface area contributed by atoms with Crippen molar-refractivity contribution in [1.82, 2.24) is 4.98 Å². The van der Waals surface area contributed by atoms with E-state index in [1.54, 1.807) is 0 Å². The lowest BCUT2D eigenvalue weighted by Gasteiger charge is -2.31. The van der Waals surface area contributed by atoms with Gasteiger partial charge < -0.3 is 11.1 Å². The van der Waals surface area contributed by atoms with Crippen LogP contribution >= 0.6 is 0 Å². The van der Waals surface area contributed by atoms with E-state index in [1.165, 1.54) is 5.39 Å². The van der Waals surface area contributed by atoms with Crippen molar-refractivity contribution < 1.29 is 0 Å². The number of anilines is 1. The number of rotatable bonds is 3. The van der Waals surface area contributed by atoms with Gasteiger partial charge in [-0.3, -0.25) is 0 Å². The van der Waals surface area contributed by atoms with Crippen LogP contribution in [0.2, 0.25) is 0 Å². The zero-order valence-electron chi connectivity index (χ0n) is 10.6. The first kappa shape index (κ1) is 11.9.